The molecule has 0 atom stereocenters. The molecule has 1 saturated carbocycles. The van der Waals surface area contributed by atoms with Gasteiger partial charge in [-0.2, -0.15) is 4.98 Å². The van der Waals surface area contributed by atoms with Crippen molar-refractivity contribution in [1.82, 2.24) is 20.0 Å². The molecule has 2 fully saturated rings. The van der Waals surface area contributed by atoms with Gasteiger partial charge in [0.05, 0.1) is 0 Å². The van der Waals surface area contributed by atoms with Gasteiger partial charge in [0.15, 0.2) is 0 Å². The first-order chi connectivity index (χ1) is 13.7. The Morgan fingerprint density at radius 3 is 2.53 bits per heavy atom. The van der Waals surface area contributed by atoms with Crippen LogP contribution in [0.2, 0.25) is 0 Å². The van der Waals surface area contributed by atoms with Gasteiger partial charge >= 0.3 is 0 Å². The summed E-state index contributed by atoms with van der Waals surface area (Å²) in [5.74, 6) is 1.63. The zero-order valence-electron chi connectivity index (χ0n) is 17.2. The van der Waals surface area contributed by atoms with Gasteiger partial charge < -0.3 is 15.2 Å². The molecule has 0 unspecified atom stereocenters. The quantitative estimate of drug-likeness (QED) is 0.731. The van der Waals surface area contributed by atoms with Crippen LogP contribution in [0.5, 0.6) is 0 Å². The second-order valence-corrected chi connectivity index (χ2v) is 8.27. The maximum atomic E-state index is 12.9. The van der Waals surface area contributed by atoms with E-state index in [0.29, 0.717) is 30.4 Å². The zero-order valence-corrected chi connectivity index (χ0v) is 18.8. The summed E-state index contributed by atoms with van der Waals surface area (Å²) in [6, 6.07) is 5.64. The summed E-state index contributed by atoms with van der Waals surface area (Å²) in [5.41, 5.74) is 6.80. The van der Waals surface area contributed by atoms with Gasteiger partial charge in [0.1, 0.15) is 5.69 Å². The Balaban J connectivity index is 0.00000160. The van der Waals surface area contributed by atoms with Gasteiger partial charge in [0.25, 0.3) is 0 Å². The molecule has 1 aliphatic carbocycles. The Hall–Kier alpha value is -1.70. The number of aromatic nitrogens is 3. The number of halogens is 2. The standard InChI is InChI=1S/C21H29N5O2.2ClH/c22-15-21(9-3-1-4-10-21)14-18(27)26-12-7-16(8-13-26)20-24-19(25-28-20)17-6-2-5-11-23-17;;/h2,5-6,11,16H,1,3-4,7-10,12-15,22H2;2*1H. The second kappa shape index (κ2) is 11.1. The third-order valence-electron chi connectivity index (χ3n) is 6.41. The number of pyridine rings is 1. The summed E-state index contributed by atoms with van der Waals surface area (Å²) in [5, 5.41) is 4.07. The fourth-order valence-corrected chi connectivity index (χ4v) is 4.56. The monoisotopic (exact) mass is 455 g/mol. The number of nitrogens with two attached hydrogens (primary N) is 1. The zero-order chi connectivity index (χ0) is 19.4. The lowest BCUT2D eigenvalue weighted by Crippen LogP contribution is -2.43. The Morgan fingerprint density at radius 1 is 1.17 bits per heavy atom. The normalized spacial score (nSPS) is 18.9. The average Bonchev–Trinajstić information content (AvgIpc) is 3.25. The van der Waals surface area contributed by atoms with Crippen molar-refractivity contribution in [2.45, 2.75) is 57.3 Å². The maximum absolute atomic E-state index is 12.9. The number of likely N-dealkylation sites (tertiary alicyclic amines) is 1. The van der Waals surface area contributed by atoms with E-state index in [2.05, 4.69) is 15.1 Å². The van der Waals surface area contributed by atoms with Crippen LogP contribution < -0.4 is 5.73 Å². The summed E-state index contributed by atoms with van der Waals surface area (Å²) in [7, 11) is 0. The van der Waals surface area contributed by atoms with Gasteiger partial charge in [0.2, 0.25) is 17.6 Å². The topological polar surface area (TPSA) is 98.1 Å². The van der Waals surface area contributed by atoms with Crippen LogP contribution in [0.25, 0.3) is 11.5 Å². The molecule has 2 aromatic rings. The highest BCUT2D eigenvalue weighted by molar-refractivity contribution is 5.85. The smallest absolute Gasteiger partial charge is 0.230 e. The van der Waals surface area contributed by atoms with Crippen LogP contribution in [0.1, 0.15) is 63.2 Å². The molecule has 1 amide bonds. The first-order valence-electron chi connectivity index (χ1n) is 10.4. The Morgan fingerprint density at radius 2 is 1.90 bits per heavy atom. The maximum Gasteiger partial charge on any atom is 0.230 e. The van der Waals surface area contributed by atoms with E-state index in [4.69, 9.17) is 10.3 Å². The molecule has 1 aliphatic heterocycles. The minimum absolute atomic E-state index is 0. The fourth-order valence-electron chi connectivity index (χ4n) is 4.56. The molecule has 0 spiro atoms. The molecule has 0 radical (unpaired) electrons. The highest BCUT2D eigenvalue weighted by Gasteiger charge is 2.36. The van der Waals surface area contributed by atoms with E-state index in [1.54, 1.807) is 6.20 Å². The van der Waals surface area contributed by atoms with Crippen LogP contribution in [-0.4, -0.2) is 45.6 Å². The number of amides is 1. The first kappa shape index (κ1) is 24.6. The molecule has 30 heavy (non-hydrogen) atoms. The summed E-state index contributed by atoms with van der Waals surface area (Å²) in [6.45, 7) is 2.10. The first-order valence-corrected chi connectivity index (χ1v) is 10.4. The summed E-state index contributed by atoms with van der Waals surface area (Å²) < 4.78 is 5.49. The van der Waals surface area contributed by atoms with Gasteiger partial charge in [-0.25, -0.2) is 0 Å². The number of hydrogen-bond donors (Lipinski definition) is 1. The largest absolute Gasteiger partial charge is 0.343 e. The van der Waals surface area contributed by atoms with Crippen molar-refractivity contribution in [3.63, 3.8) is 0 Å². The van der Waals surface area contributed by atoms with E-state index >= 15 is 0 Å². The van der Waals surface area contributed by atoms with Gasteiger partial charge in [0, 0.05) is 31.6 Å². The molecule has 2 aliphatic rings. The number of rotatable bonds is 5. The predicted molar refractivity (Wildman–Crippen MR) is 120 cm³/mol. The molecule has 9 heteroatoms. The molecular weight excluding hydrogens is 425 g/mol. The third-order valence-corrected chi connectivity index (χ3v) is 6.41. The molecule has 166 valence electrons. The molecule has 3 heterocycles. The number of nitrogens with zero attached hydrogens (tertiary/aromatic N) is 4. The van der Waals surface area contributed by atoms with Crippen LogP contribution in [0.15, 0.2) is 28.9 Å². The molecule has 0 aromatic carbocycles. The number of carbonyl (C=O) groups excluding carboxylic acids is 1. The van der Waals surface area contributed by atoms with E-state index in [1.807, 2.05) is 23.1 Å². The van der Waals surface area contributed by atoms with Crippen molar-refractivity contribution in [1.29, 1.82) is 0 Å². The molecule has 0 bridgehead atoms. The SMILES string of the molecule is Cl.Cl.NCC1(CC(=O)N2CCC(c3nc(-c4ccccn4)no3)CC2)CCCCC1. The van der Waals surface area contributed by atoms with Crippen molar-refractivity contribution in [2.24, 2.45) is 11.1 Å². The summed E-state index contributed by atoms with van der Waals surface area (Å²) >= 11 is 0. The van der Waals surface area contributed by atoms with Crippen molar-refractivity contribution in [2.75, 3.05) is 19.6 Å². The van der Waals surface area contributed by atoms with Crippen LogP contribution >= 0.6 is 24.8 Å². The summed E-state index contributed by atoms with van der Waals surface area (Å²) in [4.78, 5) is 23.7. The molecule has 4 rings (SSSR count). The second-order valence-electron chi connectivity index (χ2n) is 8.27. The number of piperidine rings is 1. The fraction of sp³-hybridized carbons (Fsp3) is 0.619. The molecule has 2 N–H and O–H groups in total. The molecule has 1 saturated heterocycles. The minimum Gasteiger partial charge on any atom is -0.343 e. The van der Waals surface area contributed by atoms with Gasteiger partial charge in [-0.3, -0.25) is 9.78 Å². The van der Waals surface area contributed by atoms with Crippen molar-refractivity contribution >= 4 is 30.7 Å². The lowest BCUT2D eigenvalue weighted by molar-refractivity contribution is -0.135. The van der Waals surface area contributed by atoms with E-state index in [1.165, 1.54) is 19.3 Å². The highest BCUT2D eigenvalue weighted by Crippen LogP contribution is 2.39. The van der Waals surface area contributed by atoms with Gasteiger partial charge in [-0.05, 0) is 49.8 Å². The van der Waals surface area contributed by atoms with Crippen LogP contribution in [0.3, 0.4) is 0 Å². The molecule has 7 nitrogen and oxygen atoms in total. The highest BCUT2D eigenvalue weighted by atomic mass is 35.5. The van der Waals surface area contributed by atoms with Gasteiger partial charge in [-0.15, -0.1) is 24.8 Å². The summed E-state index contributed by atoms with van der Waals surface area (Å²) in [6.07, 6.45) is 9.86. The van der Waals surface area contributed by atoms with E-state index < -0.39 is 0 Å². The van der Waals surface area contributed by atoms with Crippen LogP contribution in [-0.2, 0) is 4.79 Å². The molecular formula is C21H31Cl2N5O2. The van der Waals surface area contributed by atoms with E-state index in [-0.39, 0.29) is 42.1 Å². The van der Waals surface area contributed by atoms with Crippen molar-refractivity contribution < 1.29 is 9.32 Å². The lowest BCUT2D eigenvalue weighted by Gasteiger charge is -2.38. The Bertz CT molecular complexity index is 788. The van der Waals surface area contributed by atoms with E-state index in [0.717, 1.165) is 38.8 Å². The van der Waals surface area contributed by atoms with E-state index in [9.17, 15) is 4.79 Å². The van der Waals surface area contributed by atoms with Crippen molar-refractivity contribution in [3.8, 4) is 11.5 Å². The van der Waals surface area contributed by atoms with Gasteiger partial charge in [-0.1, -0.05) is 30.5 Å². The Kier molecular flexibility index (Phi) is 9.07. The van der Waals surface area contributed by atoms with Crippen molar-refractivity contribution in [3.05, 3.63) is 30.3 Å². The van der Waals surface area contributed by atoms with Crippen LogP contribution in [0, 0.1) is 5.41 Å². The predicted octanol–water partition coefficient (Wildman–Crippen LogP) is 3.98. The number of hydrogen-bond acceptors (Lipinski definition) is 6. The lowest BCUT2D eigenvalue weighted by atomic mass is 9.71. The third kappa shape index (κ3) is 5.50. The van der Waals surface area contributed by atoms with Crippen LogP contribution in [0.4, 0.5) is 0 Å². The average molecular weight is 456 g/mol. The minimum atomic E-state index is 0. The number of carbonyl (C=O) groups is 1. The Labute approximate surface area is 190 Å². The molecule has 2 aromatic heterocycles.